The topological polar surface area (TPSA) is 87.6 Å². The fourth-order valence-corrected chi connectivity index (χ4v) is 1.97. The summed E-state index contributed by atoms with van der Waals surface area (Å²) < 4.78 is 11.0. The SMILES string of the molecule is COc1ccc(N)cc1OCc1ccc(C(N)=O)cc1C. The van der Waals surface area contributed by atoms with Gasteiger partial charge in [0.2, 0.25) is 5.91 Å². The lowest BCUT2D eigenvalue weighted by molar-refractivity contribution is 0.1000. The van der Waals surface area contributed by atoms with Gasteiger partial charge in [-0.3, -0.25) is 4.79 Å². The molecule has 2 rings (SSSR count). The first-order valence-electron chi connectivity index (χ1n) is 6.47. The van der Waals surface area contributed by atoms with Gasteiger partial charge in [-0.1, -0.05) is 6.07 Å². The van der Waals surface area contributed by atoms with Crippen molar-refractivity contribution in [3.63, 3.8) is 0 Å². The van der Waals surface area contributed by atoms with E-state index in [1.54, 1.807) is 37.4 Å². The summed E-state index contributed by atoms with van der Waals surface area (Å²) >= 11 is 0. The maximum atomic E-state index is 11.1. The number of benzene rings is 2. The standard InChI is InChI=1S/C16H18N2O3/c1-10-7-11(16(18)19)3-4-12(10)9-21-15-8-13(17)5-6-14(15)20-2/h3-8H,9,17H2,1-2H3,(H2,18,19). The molecule has 0 atom stereocenters. The van der Waals surface area contributed by atoms with Crippen LogP contribution in [0.25, 0.3) is 0 Å². The number of carbonyl (C=O) groups excluding carboxylic acids is 1. The Morgan fingerprint density at radius 1 is 1.14 bits per heavy atom. The molecular formula is C16H18N2O3. The Morgan fingerprint density at radius 2 is 1.90 bits per heavy atom. The fourth-order valence-electron chi connectivity index (χ4n) is 1.97. The van der Waals surface area contributed by atoms with E-state index < -0.39 is 5.91 Å². The molecule has 0 aromatic heterocycles. The number of anilines is 1. The lowest BCUT2D eigenvalue weighted by Crippen LogP contribution is -2.11. The van der Waals surface area contributed by atoms with E-state index in [1.807, 2.05) is 13.0 Å². The molecule has 0 saturated carbocycles. The van der Waals surface area contributed by atoms with Crippen molar-refractivity contribution in [3.8, 4) is 11.5 Å². The third-order valence-electron chi connectivity index (χ3n) is 3.20. The van der Waals surface area contributed by atoms with Crippen molar-refractivity contribution in [2.45, 2.75) is 13.5 Å². The van der Waals surface area contributed by atoms with Crippen LogP contribution in [0.2, 0.25) is 0 Å². The number of carbonyl (C=O) groups is 1. The Balaban J connectivity index is 2.17. The quantitative estimate of drug-likeness (QED) is 0.825. The number of aryl methyl sites for hydroxylation is 1. The lowest BCUT2D eigenvalue weighted by atomic mass is 10.1. The molecule has 5 nitrogen and oxygen atoms in total. The Hall–Kier alpha value is -2.69. The van der Waals surface area contributed by atoms with Crippen LogP contribution in [-0.4, -0.2) is 13.0 Å². The van der Waals surface area contributed by atoms with Gasteiger partial charge in [0.1, 0.15) is 6.61 Å². The van der Waals surface area contributed by atoms with Crippen molar-refractivity contribution in [1.82, 2.24) is 0 Å². The summed E-state index contributed by atoms with van der Waals surface area (Å²) in [5, 5.41) is 0. The molecule has 0 saturated heterocycles. The van der Waals surface area contributed by atoms with Crippen molar-refractivity contribution in [2.75, 3.05) is 12.8 Å². The zero-order valence-electron chi connectivity index (χ0n) is 12.1. The van der Waals surface area contributed by atoms with E-state index in [2.05, 4.69) is 0 Å². The van der Waals surface area contributed by atoms with Gasteiger partial charge in [-0.2, -0.15) is 0 Å². The number of hydrogen-bond donors (Lipinski definition) is 2. The van der Waals surface area contributed by atoms with E-state index in [0.29, 0.717) is 29.4 Å². The zero-order valence-corrected chi connectivity index (χ0v) is 12.1. The monoisotopic (exact) mass is 286 g/mol. The van der Waals surface area contributed by atoms with Crippen LogP contribution in [0.3, 0.4) is 0 Å². The number of amides is 1. The molecule has 0 aliphatic carbocycles. The van der Waals surface area contributed by atoms with Crippen LogP contribution in [0.5, 0.6) is 11.5 Å². The van der Waals surface area contributed by atoms with E-state index in [-0.39, 0.29) is 0 Å². The highest BCUT2D eigenvalue weighted by Crippen LogP contribution is 2.30. The van der Waals surface area contributed by atoms with Gasteiger partial charge in [-0.15, -0.1) is 0 Å². The average Bonchev–Trinajstić information content (AvgIpc) is 2.46. The number of nitrogen functional groups attached to an aromatic ring is 1. The van der Waals surface area contributed by atoms with E-state index in [1.165, 1.54) is 0 Å². The first-order chi connectivity index (χ1) is 10.0. The second-order valence-electron chi connectivity index (χ2n) is 4.70. The van der Waals surface area contributed by atoms with Crippen LogP contribution in [-0.2, 0) is 6.61 Å². The Kier molecular flexibility index (Phi) is 4.33. The molecule has 0 spiro atoms. The van der Waals surface area contributed by atoms with E-state index >= 15 is 0 Å². The fraction of sp³-hybridized carbons (Fsp3) is 0.188. The van der Waals surface area contributed by atoms with Crippen LogP contribution < -0.4 is 20.9 Å². The molecule has 0 aliphatic rings. The predicted molar refractivity (Wildman–Crippen MR) is 81.4 cm³/mol. The minimum absolute atomic E-state index is 0.352. The highest BCUT2D eigenvalue weighted by molar-refractivity contribution is 5.93. The molecule has 4 N–H and O–H groups in total. The number of nitrogens with two attached hydrogens (primary N) is 2. The largest absolute Gasteiger partial charge is 0.493 e. The summed E-state index contributed by atoms with van der Waals surface area (Å²) in [4.78, 5) is 11.1. The zero-order chi connectivity index (χ0) is 15.4. The van der Waals surface area contributed by atoms with E-state index in [0.717, 1.165) is 11.1 Å². The maximum absolute atomic E-state index is 11.1. The molecule has 0 aliphatic heterocycles. The molecule has 2 aromatic rings. The number of primary amides is 1. The smallest absolute Gasteiger partial charge is 0.248 e. The van der Waals surface area contributed by atoms with Gasteiger partial charge < -0.3 is 20.9 Å². The first-order valence-corrected chi connectivity index (χ1v) is 6.47. The van der Waals surface area contributed by atoms with Crippen molar-refractivity contribution in [3.05, 3.63) is 53.1 Å². The van der Waals surface area contributed by atoms with Crippen molar-refractivity contribution in [2.24, 2.45) is 5.73 Å². The van der Waals surface area contributed by atoms with Gasteiger partial charge in [0.15, 0.2) is 11.5 Å². The molecule has 0 heterocycles. The van der Waals surface area contributed by atoms with Crippen LogP contribution in [0.4, 0.5) is 5.69 Å². The number of rotatable bonds is 5. The predicted octanol–water partition coefficient (Wildman–Crippen LogP) is 2.26. The second-order valence-corrected chi connectivity index (χ2v) is 4.70. The minimum Gasteiger partial charge on any atom is -0.493 e. The number of hydrogen-bond acceptors (Lipinski definition) is 4. The number of ether oxygens (including phenoxy) is 2. The van der Waals surface area contributed by atoms with Crippen molar-refractivity contribution in [1.29, 1.82) is 0 Å². The van der Waals surface area contributed by atoms with Crippen molar-refractivity contribution < 1.29 is 14.3 Å². The van der Waals surface area contributed by atoms with Gasteiger partial charge in [-0.05, 0) is 42.3 Å². The molecule has 1 amide bonds. The summed E-state index contributed by atoms with van der Waals surface area (Å²) in [5.74, 6) is 0.759. The normalized spacial score (nSPS) is 10.2. The summed E-state index contributed by atoms with van der Waals surface area (Å²) in [5.41, 5.74) is 14.0. The van der Waals surface area contributed by atoms with E-state index in [9.17, 15) is 4.79 Å². The van der Waals surface area contributed by atoms with Gasteiger partial charge >= 0.3 is 0 Å². The van der Waals surface area contributed by atoms with Gasteiger partial charge in [-0.25, -0.2) is 0 Å². The first kappa shape index (κ1) is 14.7. The summed E-state index contributed by atoms with van der Waals surface area (Å²) in [7, 11) is 1.57. The molecule has 0 unspecified atom stereocenters. The molecule has 2 aromatic carbocycles. The lowest BCUT2D eigenvalue weighted by Gasteiger charge is -2.13. The summed E-state index contributed by atoms with van der Waals surface area (Å²) in [6.07, 6.45) is 0. The van der Waals surface area contributed by atoms with Gasteiger partial charge in [0.05, 0.1) is 7.11 Å². The molecule has 0 fully saturated rings. The molecule has 110 valence electrons. The van der Waals surface area contributed by atoms with Crippen LogP contribution in [0.1, 0.15) is 21.5 Å². The third kappa shape index (κ3) is 3.45. The Morgan fingerprint density at radius 3 is 2.52 bits per heavy atom. The highest BCUT2D eigenvalue weighted by atomic mass is 16.5. The highest BCUT2D eigenvalue weighted by Gasteiger charge is 2.08. The molecule has 0 bridgehead atoms. The van der Waals surface area contributed by atoms with Gasteiger partial charge in [0, 0.05) is 17.3 Å². The van der Waals surface area contributed by atoms with Crippen molar-refractivity contribution >= 4 is 11.6 Å². The molecule has 0 radical (unpaired) electrons. The van der Waals surface area contributed by atoms with Crippen LogP contribution in [0.15, 0.2) is 36.4 Å². The second kappa shape index (κ2) is 6.17. The maximum Gasteiger partial charge on any atom is 0.248 e. The summed E-state index contributed by atoms with van der Waals surface area (Å²) in [6.45, 7) is 2.26. The summed E-state index contributed by atoms with van der Waals surface area (Å²) in [6, 6.07) is 10.5. The minimum atomic E-state index is -0.442. The molecule has 5 heteroatoms. The van der Waals surface area contributed by atoms with Crippen LogP contribution in [0, 0.1) is 6.92 Å². The van der Waals surface area contributed by atoms with Crippen LogP contribution >= 0.6 is 0 Å². The Bertz CT molecular complexity index is 669. The number of methoxy groups -OCH3 is 1. The van der Waals surface area contributed by atoms with Gasteiger partial charge in [0.25, 0.3) is 0 Å². The average molecular weight is 286 g/mol. The molecular weight excluding hydrogens is 268 g/mol. The van der Waals surface area contributed by atoms with E-state index in [4.69, 9.17) is 20.9 Å². The third-order valence-corrected chi connectivity index (χ3v) is 3.20. The Labute approximate surface area is 123 Å². The molecule has 21 heavy (non-hydrogen) atoms.